The molecule has 1 amide bonds. The Morgan fingerprint density at radius 3 is 2.86 bits per heavy atom. The van der Waals surface area contributed by atoms with Crippen LogP contribution in [-0.2, 0) is 4.74 Å². The highest BCUT2D eigenvalue weighted by atomic mass is 16.5. The number of nitrogens with one attached hydrogen (secondary N) is 1. The lowest BCUT2D eigenvalue weighted by molar-refractivity contribution is 0.0854. The second-order valence-electron chi connectivity index (χ2n) is 6.86. The highest BCUT2D eigenvalue weighted by Crippen LogP contribution is 2.26. The van der Waals surface area contributed by atoms with E-state index in [2.05, 4.69) is 10.3 Å². The van der Waals surface area contributed by atoms with Crippen molar-refractivity contribution in [2.24, 2.45) is 4.99 Å². The molecule has 1 fully saturated rings. The van der Waals surface area contributed by atoms with E-state index >= 15 is 0 Å². The van der Waals surface area contributed by atoms with Crippen LogP contribution < -0.4 is 15.6 Å². The van der Waals surface area contributed by atoms with Crippen LogP contribution in [-0.4, -0.2) is 31.8 Å². The van der Waals surface area contributed by atoms with E-state index in [-0.39, 0.29) is 17.6 Å². The van der Waals surface area contributed by atoms with Crippen LogP contribution >= 0.6 is 0 Å². The van der Waals surface area contributed by atoms with Gasteiger partial charge in [0.1, 0.15) is 22.6 Å². The summed E-state index contributed by atoms with van der Waals surface area (Å²) in [6.45, 7) is 3.67. The second kappa shape index (κ2) is 8.92. The van der Waals surface area contributed by atoms with Gasteiger partial charge in [0, 0.05) is 18.5 Å². The third-order valence-electron chi connectivity index (χ3n) is 4.80. The Morgan fingerprint density at radius 1 is 1.21 bits per heavy atom. The number of carbonyl (C=O) groups is 1. The average Bonchev–Trinajstić information content (AvgIpc) is 3.27. The summed E-state index contributed by atoms with van der Waals surface area (Å²) in [7, 11) is 0. The quantitative estimate of drug-likeness (QED) is 0.689. The molecule has 6 heteroatoms. The molecule has 1 saturated heterocycles. The third kappa shape index (κ3) is 4.49. The van der Waals surface area contributed by atoms with E-state index in [9.17, 15) is 4.79 Å². The number of carbonyl (C=O) groups excluding carboxylic acids is 1. The molecule has 29 heavy (non-hydrogen) atoms. The first-order chi connectivity index (χ1) is 14.2. The van der Waals surface area contributed by atoms with E-state index < -0.39 is 0 Å². The maximum absolute atomic E-state index is 12.9. The van der Waals surface area contributed by atoms with E-state index in [1.54, 1.807) is 0 Å². The normalized spacial score (nSPS) is 16.9. The first kappa shape index (κ1) is 19.2. The molecule has 4 rings (SSSR count). The summed E-state index contributed by atoms with van der Waals surface area (Å²) in [6.07, 6.45) is 2.05. The zero-order valence-electron chi connectivity index (χ0n) is 16.4. The van der Waals surface area contributed by atoms with Crippen molar-refractivity contribution in [3.63, 3.8) is 0 Å². The van der Waals surface area contributed by atoms with E-state index in [0.29, 0.717) is 35.7 Å². The standard InChI is InChI=1S/C23H24N2O4/c1-2-27-21-12-6-4-10-19(21)25-23-18(14-16-8-3-5-11-20(16)29-23)22(26)24-15-17-9-7-13-28-17/h3-6,8,10-12,14,17H,2,7,9,13,15H2,1H3,(H,24,26)/t17-/m1/s1. The zero-order chi connectivity index (χ0) is 20.1. The fraction of sp³-hybridized carbons (Fsp3) is 0.304. The number of fused-ring (bicyclic) bond motifs is 1. The second-order valence-corrected chi connectivity index (χ2v) is 6.86. The molecule has 1 N–H and O–H groups in total. The van der Waals surface area contributed by atoms with Crippen LogP contribution in [0.5, 0.6) is 5.75 Å². The molecule has 6 nitrogen and oxygen atoms in total. The molecule has 2 aromatic carbocycles. The monoisotopic (exact) mass is 392 g/mol. The number of benzene rings is 2. The van der Waals surface area contributed by atoms with Gasteiger partial charge in [-0.25, -0.2) is 4.99 Å². The summed E-state index contributed by atoms with van der Waals surface area (Å²) < 4.78 is 17.3. The van der Waals surface area contributed by atoms with Crippen LogP contribution in [0.4, 0.5) is 5.69 Å². The Hall–Kier alpha value is -3.12. The van der Waals surface area contributed by atoms with Crippen LogP contribution in [0.25, 0.3) is 11.0 Å². The van der Waals surface area contributed by atoms with Crippen molar-refractivity contribution in [1.29, 1.82) is 0 Å². The van der Waals surface area contributed by atoms with Gasteiger partial charge in [-0.05, 0) is 44.0 Å². The smallest absolute Gasteiger partial charge is 0.256 e. The molecule has 1 aliphatic rings. The minimum Gasteiger partial charge on any atom is -0.492 e. The summed E-state index contributed by atoms with van der Waals surface area (Å²) in [5, 5.41) is 3.80. The highest BCUT2D eigenvalue weighted by molar-refractivity contribution is 5.96. The predicted octanol–water partition coefficient (Wildman–Crippen LogP) is 3.97. The van der Waals surface area contributed by atoms with Crippen LogP contribution in [0.15, 0.2) is 64.0 Å². The van der Waals surface area contributed by atoms with Gasteiger partial charge in [-0.1, -0.05) is 30.3 Å². The Kier molecular flexibility index (Phi) is 5.91. The average molecular weight is 392 g/mol. The van der Waals surface area contributed by atoms with Gasteiger partial charge < -0.3 is 19.2 Å². The summed E-state index contributed by atoms with van der Waals surface area (Å²) in [5.74, 6) is 0.409. The number of amides is 1. The van der Waals surface area contributed by atoms with Crippen LogP contribution in [0.1, 0.15) is 30.1 Å². The van der Waals surface area contributed by atoms with E-state index in [0.717, 1.165) is 24.8 Å². The number of hydrogen-bond donors (Lipinski definition) is 1. The van der Waals surface area contributed by atoms with Crippen LogP contribution in [0.3, 0.4) is 0 Å². The highest BCUT2D eigenvalue weighted by Gasteiger charge is 2.18. The van der Waals surface area contributed by atoms with E-state index in [4.69, 9.17) is 13.9 Å². The van der Waals surface area contributed by atoms with Gasteiger partial charge in [-0.15, -0.1) is 0 Å². The van der Waals surface area contributed by atoms with Gasteiger partial charge in [0.15, 0.2) is 0 Å². The van der Waals surface area contributed by atoms with Crippen molar-refractivity contribution in [2.75, 3.05) is 19.8 Å². The maximum atomic E-state index is 12.9. The van der Waals surface area contributed by atoms with Gasteiger partial charge in [-0.3, -0.25) is 4.79 Å². The predicted molar refractivity (Wildman–Crippen MR) is 110 cm³/mol. The molecule has 0 spiro atoms. The van der Waals surface area contributed by atoms with Gasteiger partial charge in [0.25, 0.3) is 5.91 Å². The molecule has 0 radical (unpaired) electrons. The van der Waals surface area contributed by atoms with Gasteiger partial charge >= 0.3 is 0 Å². The van der Waals surface area contributed by atoms with Gasteiger partial charge in [0.05, 0.1) is 12.7 Å². The fourth-order valence-electron chi connectivity index (χ4n) is 3.36. The lowest BCUT2D eigenvalue weighted by Crippen LogP contribution is -2.34. The molecule has 150 valence electrons. The largest absolute Gasteiger partial charge is 0.492 e. The molecule has 0 unspecified atom stereocenters. The Bertz CT molecular complexity index is 1070. The molecule has 1 atom stereocenters. The zero-order valence-corrected chi connectivity index (χ0v) is 16.4. The van der Waals surface area contributed by atoms with Gasteiger partial charge in [-0.2, -0.15) is 0 Å². The lowest BCUT2D eigenvalue weighted by Gasteiger charge is -2.11. The fourth-order valence-corrected chi connectivity index (χ4v) is 3.36. The van der Waals surface area contributed by atoms with E-state index in [1.807, 2.05) is 61.5 Å². The molecule has 0 saturated carbocycles. The number of nitrogens with zero attached hydrogens (tertiary/aromatic N) is 1. The van der Waals surface area contributed by atoms with Crippen molar-refractivity contribution in [1.82, 2.24) is 5.32 Å². The molecule has 2 heterocycles. The summed E-state index contributed by atoms with van der Waals surface area (Å²) >= 11 is 0. The first-order valence-electron chi connectivity index (χ1n) is 9.94. The molecular weight excluding hydrogens is 368 g/mol. The van der Waals surface area contributed by atoms with Crippen molar-refractivity contribution in [3.8, 4) is 5.75 Å². The Balaban J connectivity index is 1.75. The van der Waals surface area contributed by atoms with Crippen molar-refractivity contribution in [2.45, 2.75) is 25.9 Å². The molecule has 1 aromatic heterocycles. The molecule has 3 aromatic rings. The SMILES string of the molecule is CCOc1ccccc1N=c1oc2ccccc2cc1C(=O)NC[C@H]1CCCO1. The first-order valence-corrected chi connectivity index (χ1v) is 9.94. The lowest BCUT2D eigenvalue weighted by atomic mass is 10.1. The number of para-hydroxylation sites is 3. The molecular formula is C23H24N2O4. The minimum absolute atomic E-state index is 0.0652. The van der Waals surface area contributed by atoms with E-state index in [1.165, 1.54) is 0 Å². The van der Waals surface area contributed by atoms with Crippen LogP contribution in [0.2, 0.25) is 0 Å². The third-order valence-corrected chi connectivity index (χ3v) is 4.80. The van der Waals surface area contributed by atoms with Crippen molar-refractivity contribution >= 4 is 22.6 Å². The van der Waals surface area contributed by atoms with Gasteiger partial charge in [0.2, 0.25) is 5.55 Å². The van der Waals surface area contributed by atoms with Crippen molar-refractivity contribution < 1.29 is 18.7 Å². The minimum atomic E-state index is -0.234. The Labute approximate surface area is 169 Å². The molecule has 0 bridgehead atoms. The summed E-state index contributed by atoms with van der Waals surface area (Å²) in [5.41, 5.74) is 1.91. The maximum Gasteiger partial charge on any atom is 0.256 e. The Morgan fingerprint density at radius 2 is 2.03 bits per heavy atom. The number of hydrogen-bond acceptors (Lipinski definition) is 5. The topological polar surface area (TPSA) is 73.1 Å². The summed E-state index contributed by atoms with van der Waals surface area (Å²) in [6, 6.07) is 16.8. The number of ether oxygens (including phenoxy) is 2. The summed E-state index contributed by atoms with van der Waals surface area (Å²) in [4.78, 5) is 17.6. The number of rotatable bonds is 6. The molecule has 0 aliphatic carbocycles. The van der Waals surface area contributed by atoms with Crippen LogP contribution in [0, 0.1) is 0 Å². The molecule has 1 aliphatic heterocycles. The van der Waals surface area contributed by atoms with Crippen molar-refractivity contribution in [3.05, 3.63) is 65.7 Å².